The van der Waals surface area contributed by atoms with E-state index in [2.05, 4.69) is 17.3 Å². The first kappa shape index (κ1) is 31.6. The van der Waals surface area contributed by atoms with Crippen LogP contribution in [0.1, 0.15) is 54.4 Å². The minimum absolute atomic E-state index is 0.499. The molecule has 1 aromatic carbocycles. The third kappa shape index (κ3) is 8.42. The fraction of sp³-hybridized carbons (Fsp3) is 0.640. The van der Waals surface area contributed by atoms with Crippen molar-refractivity contribution in [2.75, 3.05) is 50.5 Å². The highest BCUT2D eigenvalue weighted by atomic mass is 32.2. The average molecular weight is 502 g/mol. The predicted molar refractivity (Wildman–Crippen MR) is 148 cm³/mol. The maximum atomic E-state index is 13.3. The molecule has 0 aliphatic carbocycles. The van der Waals surface area contributed by atoms with E-state index in [-0.39, 0.29) is 0 Å². The smallest absolute Gasteiger partial charge is 0.107 e. The largest absolute Gasteiger partial charge is 0.401 e. The van der Waals surface area contributed by atoms with Crippen LogP contribution >= 0.6 is 0 Å². The lowest BCUT2D eigenvalue weighted by molar-refractivity contribution is 0.0822. The lowest BCUT2D eigenvalue weighted by Crippen LogP contribution is -2.55. The number of nitrogens with zero attached hydrogens (tertiary/aromatic N) is 2. The molecule has 0 radical (unpaired) electrons. The van der Waals surface area contributed by atoms with Gasteiger partial charge in [-0.3, -0.25) is 4.21 Å². The Labute approximate surface area is 206 Å². The topological polar surface area (TPSA) is 75.9 Å². The van der Waals surface area contributed by atoms with Crippen molar-refractivity contribution in [2.45, 2.75) is 64.0 Å². The van der Waals surface area contributed by atoms with Crippen LogP contribution in [0.2, 0.25) is 0 Å². The molecule has 2 aliphatic rings. The number of benzene rings is 1. The lowest BCUT2D eigenvalue weighted by atomic mass is 9.96. The second-order valence-corrected chi connectivity index (χ2v) is 11.6. The summed E-state index contributed by atoms with van der Waals surface area (Å²) in [6.45, 7) is 20.0. The summed E-state index contributed by atoms with van der Waals surface area (Å²) in [7, 11) is -3.41. The molecule has 1 aromatic rings. The molecular weight excluding hydrogens is 454 g/mol. The molecule has 2 saturated heterocycles. The first-order chi connectivity index (χ1) is 15.7. The third-order valence-corrected chi connectivity index (χ3v) is 8.84. The Morgan fingerprint density at radius 3 is 1.85 bits per heavy atom. The lowest BCUT2D eigenvalue weighted by Gasteiger charge is -2.42. The van der Waals surface area contributed by atoms with Crippen LogP contribution < -0.4 is 10.6 Å². The van der Waals surface area contributed by atoms with Gasteiger partial charge in [-0.2, -0.15) is 0 Å². The summed E-state index contributed by atoms with van der Waals surface area (Å²) < 4.78 is 32.2. The van der Waals surface area contributed by atoms with E-state index in [1.807, 2.05) is 70.1 Å². The third-order valence-electron chi connectivity index (χ3n) is 5.39. The summed E-state index contributed by atoms with van der Waals surface area (Å²) in [6.07, 6.45) is 2.95. The highest BCUT2D eigenvalue weighted by Crippen LogP contribution is 2.34. The van der Waals surface area contributed by atoms with E-state index in [0.29, 0.717) is 44.8 Å². The SMILES string of the molecule is C=C(N)C1(S(=O)N2CCN(c3ccc(S(=C)(C)=O)cc3)CC2)CCOCC1.CC.CC.CC. The standard InChI is InChI=1S/C19H29N3O3S2.3C2H6/c1-16(20)19(8-14-25-15-9-19)26(23)22-12-10-21(11-13-22)17-4-6-18(7-5-17)27(2,3)24;3*1-2/h4-7H,1-2,8-15,20H2,3H3;3*1-2H3. The molecule has 8 heteroatoms. The molecule has 0 saturated carbocycles. The van der Waals surface area contributed by atoms with Crippen molar-refractivity contribution in [2.24, 2.45) is 5.73 Å². The van der Waals surface area contributed by atoms with Gasteiger partial charge in [-0.25, -0.2) is 8.51 Å². The molecule has 0 bridgehead atoms. The average Bonchev–Trinajstić information content (AvgIpc) is 2.87. The predicted octanol–water partition coefficient (Wildman–Crippen LogP) is 4.28. The molecule has 2 unspecified atom stereocenters. The van der Waals surface area contributed by atoms with Gasteiger partial charge in [-0.05, 0) is 52.5 Å². The van der Waals surface area contributed by atoms with Crippen LogP contribution in [0.4, 0.5) is 5.69 Å². The van der Waals surface area contributed by atoms with Crippen LogP contribution in [0, 0.1) is 0 Å². The van der Waals surface area contributed by atoms with E-state index in [9.17, 15) is 8.42 Å². The van der Waals surface area contributed by atoms with Gasteiger partial charge in [0.15, 0.2) is 0 Å². The van der Waals surface area contributed by atoms with Crippen LogP contribution in [0.3, 0.4) is 0 Å². The summed E-state index contributed by atoms with van der Waals surface area (Å²) in [5.74, 6) is 3.72. The Kier molecular flexibility index (Phi) is 14.9. The van der Waals surface area contributed by atoms with Crippen LogP contribution in [0.25, 0.3) is 0 Å². The van der Waals surface area contributed by atoms with Crippen molar-refractivity contribution < 1.29 is 13.2 Å². The summed E-state index contributed by atoms with van der Waals surface area (Å²) in [6, 6.07) is 7.73. The normalized spacial score (nSPS) is 20.3. The van der Waals surface area contributed by atoms with Crippen molar-refractivity contribution in [1.82, 2.24) is 4.31 Å². The van der Waals surface area contributed by atoms with Crippen LogP contribution in [-0.2, 0) is 25.2 Å². The molecule has 192 valence electrons. The number of anilines is 1. The summed E-state index contributed by atoms with van der Waals surface area (Å²) in [5.41, 5.74) is 7.65. The van der Waals surface area contributed by atoms with Crippen molar-refractivity contribution in [3.63, 3.8) is 0 Å². The molecule has 33 heavy (non-hydrogen) atoms. The van der Waals surface area contributed by atoms with E-state index in [0.717, 1.165) is 23.7 Å². The molecule has 0 aromatic heterocycles. The van der Waals surface area contributed by atoms with Gasteiger partial charge in [0.25, 0.3) is 0 Å². The number of hydrogen-bond donors (Lipinski definition) is 1. The van der Waals surface area contributed by atoms with Crippen molar-refractivity contribution >= 4 is 32.1 Å². The summed E-state index contributed by atoms with van der Waals surface area (Å²) in [4.78, 5) is 3.01. The summed E-state index contributed by atoms with van der Waals surface area (Å²) >= 11 is 0. The zero-order valence-electron chi connectivity index (χ0n) is 21.9. The van der Waals surface area contributed by atoms with Crippen LogP contribution in [0.5, 0.6) is 0 Å². The minimum atomic E-state index is -2.20. The van der Waals surface area contributed by atoms with Gasteiger partial charge in [0, 0.05) is 61.9 Å². The van der Waals surface area contributed by atoms with Gasteiger partial charge in [0.2, 0.25) is 0 Å². The van der Waals surface area contributed by atoms with E-state index < -0.39 is 25.3 Å². The van der Waals surface area contributed by atoms with Gasteiger partial charge in [0.05, 0.1) is 0 Å². The number of nitrogens with two attached hydrogens (primary N) is 1. The van der Waals surface area contributed by atoms with Gasteiger partial charge in [-0.15, -0.1) is 0 Å². The Morgan fingerprint density at radius 2 is 1.45 bits per heavy atom. The summed E-state index contributed by atoms with van der Waals surface area (Å²) in [5, 5.41) is 0. The maximum absolute atomic E-state index is 13.3. The van der Waals surface area contributed by atoms with Gasteiger partial charge in [-0.1, -0.05) is 48.1 Å². The molecular formula is C25H47N3O3S2. The van der Waals surface area contributed by atoms with Crippen molar-refractivity contribution in [3.05, 3.63) is 36.5 Å². The highest BCUT2D eigenvalue weighted by molar-refractivity contribution is 7.99. The molecule has 0 amide bonds. The second kappa shape index (κ2) is 15.5. The first-order valence-corrected chi connectivity index (χ1v) is 15.3. The molecule has 2 fully saturated rings. The van der Waals surface area contributed by atoms with E-state index in [1.165, 1.54) is 0 Å². The quantitative estimate of drug-likeness (QED) is 0.610. The van der Waals surface area contributed by atoms with Gasteiger partial charge in [0.1, 0.15) is 15.7 Å². The van der Waals surface area contributed by atoms with Crippen LogP contribution in [0.15, 0.2) is 41.4 Å². The van der Waals surface area contributed by atoms with E-state index in [1.54, 1.807) is 6.26 Å². The fourth-order valence-electron chi connectivity index (χ4n) is 3.61. The number of hydrogen-bond acceptors (Lipinski definition) is 5. The fourth-order valence-corrected chi connectivity index (χ4v) is 6.05. The zero-order valence-corrected chi connectivity index (χ0v) is 23.5. The molecule has 2 aliphatic heterocycles. The number of piperazine rings is 1. The molecule has 2 atom stereocenters. The van der Waals surface area contributed by atoms with E-state index in [4.69, 9.17) is 10.5 Å². The molecule has 2 N–H and O–H groups in total. The zero-order chi connectivity index (χ0) is 25.7. The Hall–Kier alpha value is -1.35. The molecule has 6 nitrogen and oxygen atoms in total. The monoisotopic (exact) mass is 501 g/mol. The Bertz CT molecular complexity index is 810. The van der Waals surface area contributed by atoms with Crippen LogP contribution in [-0.4, -0.2) is 69.0 Å². The Balaban J connectivity index is 0.00000158. The van der Waals surface area contributed by atoms with E-state index >= 15 is 0 Å². The van der Waals surface area contributed by atoms with Gasteiger partial charge >= 0.3 is 0 Å². The first-order valence-electron chi connectivity index (χ1n) is 12.1. The minimum Gasteiger partial charge on any atom is -0.401 e. The molecule has 0 spiro atoms. The van der Waals surface area contributed by atoms with Gasteiger partial charge < -0.3 is 15.4 Å². The van der Waals surface area contributed by atoms with Crippen molar-refractivity contribution in [1.29, 1.82) is 0 Å². The molecule has 2 heterocycles. The maximum Gasteiger partial charge on any atom is 0.107 e. The van der Waals surface area contributed by atoms with Crippen molar-refractivity contribution in [3.8, 4) is 0 Å². The second-order valence-electron chi connectivity index (χ2n) is 7.30. The number of ether oxygens (including phenoxy) is 1. The molecule has 3 rings (SSSR count). The number of rotatable bonds is 5. The Morgan fingerprint density at radius 1 is 1.00 bits per heavy atom. The highest BCUT2D eigenvalue weighted by Gasteiger charge is 2.43.